The standard InChI is InChI=1S/C50H28N6/c1-53-39-14-8-12-35(25-39)37-20-22-43-41-16-3-5-18-45(41)56(47(43)27-37)49-31-54-30-48(50(49)38-13-7-10-33(24-38)29-52)55-44-17-4-2-15-40(44)42-21-19-36(26-46(42)55)34-11-6-9-32(23-34)28-51/h2-27,30-31H. The molecule has 6 nitrogen and oxygen atoms in total. The summed E-state index contributed by atoms with van der Waals surface area (Å²) in [4.78, 5) is 8.67. The molecule has 10 rings (SSSR count). The summed E-state index contributed by atoms with van der Waals surface area (Å²) < 4.78 is 4.56. The van der Waals surface area contributed by atoms with Crippen molar-refractivity contribution in [3.8, 4) is 56.9 Å². The van der Waals surface area contributed by atoms with Crippen molar-refractivity contribution in [2.24, 2.45) is 0 Å². The minimum Gasteiger partial charge on any atom is -0.307 e. The van der Waals surface area contributed by atoms with E-state index in [1.807, 2.05) is 79.1 Å². The Hall–Kier alpha value is -8.24. The van der Waals surface area contributed by atoms with Crippen LogP contribution in [0.4, 0.5) is 5.69 Å². The quantitative estimate of drug-likeness (QED) is 0.167. The molecular formula is C50H28N6. The van der Waals surface area contributed by atoms with E-state index < -0.39 is 0 Å². The monoisotopic (exact) mass is 712 g/mol. The van der Waals surface area contributed by atoms with E-state index in [1.165, 1.54) is 0 Å². The molecule has 0 saturated heterocycles. The highest BCUT2D eigenvalue weighted by Crippen LogP contribution is 2.43. The number of benzene rings is 7. The van der Waals surface area contributed by atoms with Gasteiger partial charge in [-0.05, 0) is 82.4 Å². The number of hydrogen-bond donors (Lipinski definition) is 0. The average Bonchev–Trinajstić information content (AvgIpc) is 3.78. The molecule has 7 aromatic carbocycles. The Bertz CT molecular complexity index is 3170. The molecule has 0 aliphatic carbocycles. The molecule has 0 aliphatic heterocycles. The fourth-order valence-corrected chi connectivity index (χ4v) is 8.16. The molecular weight excluding hydrogens is 685 g/mol. The zero-order valence-corrected chi connectivity index (χ0v) is 29.8. The van der Waals surface area contributed by atoms with E-state index in [0.29, 0.717) is 16.8 Å². The lowest BCUT2D eigenvalue weighted by Gasteiger charge is -2.20. The highest BCUT2D eigenvalue weighted by atomic mass is 15.0. The van der Waals surface area contributed by atoms with Gasteiger partial charge >= 0.3 is 0 Å². The molecule has 0 radical (unpaired) electrons. The van der Waals surface area contributed by atoms with Gasteiger partial charge in [0.25, 0.3) is 0 Å². The number of pyridine rings is 1. The fourth-order valence-electron chi connectivity index (χ4n) is 8.16. The minimum absolute atomic E-state index is 0.558. The fraction of sp³-hybridized carbons (Fsp3) is 0. The summed E-state index contributed by atoms with van der Waals surface area (Å²) in [5.41, 5.74) is 13.2. The first-order valence-corrected chi connectivity index (χ1v) is 18.2. The summed E-state index contributed by atoms with van der Waals surface area (Å²) in [5, 5.41) is 24.2. The van der Waals surface area contributed by atoms with Crippen LogP contribution in [-0.2, 0) is 0 Å². The summed E-state index contributed by atoms with van der Waals surface area (Å²) in [7, 11) is 0. The molecule has 0 fully saturated rings. The van der Waals surface area contributed by atoms with Crippen molar-refractivity contribution in [2.75, 3.05) is 0 Å². The van der Waals surface area contributed by atoms with Crippen LogP contribution in [0.3, 0.4) is 0 Å². The second kappa shape index (κ2) is 13.0. The van der Waals surface area contributed by atoms with Crippen LogP contribution in [0, 0.1) is 29.2 Å². The Balaban J connectivity index is 1.32. The first-order chi connectivity index (χ1) is 27.6. The SMILES string of the molecule is [C-]#[N+]c1cccc(-c2ccc3c4ccccc4n(-c4cncc(-n5c6ccccc6c6ccc(-c7cccc(C#N)c7)cc65)c4-c4cccc(C#N)c4)c3c2)c1. The lowest BCUT2D eigenvalue weighted by Crippen LogP contribution is -2.05. The second-order valence-electron chi connectivity index (χ2n) is 13.8. The van der Waals surface area contributed by atoms with E-state index in [4.69, 9.17) is 11.6 Å². The van der Waals surface area contributed by atoms with Gasteiger partial charge < -0.3 is 9.13 Å². The molecule has 0 amide bonds. The highest BCUT2D eigenvalue weighted by Gasteiger charge is 2.23. The van der Waals surface area contributed by atoms with Crippen LogP contribution in [0.1, 0.15) is 11.1 Å². The molecule has 0 bridgehead atoms. The molecule has 0 unspecified atom stereocenters. The van der Waals surface area contributed by atoms with Crippen molar-refractivity contribution in [3.63, 3.8) is 0 Å². The van der Waals surface area contributed by atoms with Gasteiger partial charge in [0.1, 0.15) is 0 Å². The molecule has 10 aromatic rings. The van der Waals surface area contributed by atoms with E-state index in [2.05, 4.69) is 117 Å². The lowest BCUT2D eigenvalue weighted by molar-refractivity contribution is 1.09. The summed E-state index contributed by atoms with van der Waals surface area (Å²) in [5.74, 6) is 0. The summed E-state index contributed by atoms with van der Waals surface area (Å²) >= 11 is 0. The number of rotatable bonds is 5. The topological polar surface area (TPSA) is 74.7 Å². The summed E-state index contributed by atoms with van der Waals surface area (Å²) in [6.45, 7) is 7.62. The summed E-state index contributed by atoms with van der Waals surface area (Å²) in [6.07, 6.45) is 3.84. The van der Waals surface area contributed by atoms with Crippen LogP contribution in [-0.4, -0.2) is 14.1 Å². The number of fused-ring (bicyclic) bond motifs is 6. The first kappa shape index (κ1) is 32.4. The first-order valence-electron chi connectivity index (χ1n) is 18.2. The predicted octanol–water partition coefficient (Wildman–Crippen LogP) is 12.6. The van der Waals surface area contributed by atoms with Gasteiger partial charge in [0, 0.05) is 27.1 Å². The molecule has 6 heteroatoms. The number of nitrogens with zero attached hydrogens (tertiary/aromatic N) is 6. The van der Waals surface area contributed by atoms with Gasteiger partial charge in [-0.3, -0.25) is 4.98 Å². The maximum absolute atomic E-state index is 10.1. The van der Waals surface area contributed by atoms with Crippen LogP contribution in [0.5, 0.6) is 0 Å². The maximum atomic E-state index is 10.1. The molecule has 0 spiro atoms. The Labute approximate surface area is 322 Å². The van der Waals surface area contributed by atoms with Crippen molar-refractivity contribution < 1.29 is 0 Å². The van der Waals surface area contributed by atoms with Crippen LogP contribution in [0.25, 0.3) is 93.2 Å². The molecule has 0 atom stereocenters. The van der Waals surface area contributed by atoms with Crippen LogP contribution >= 0.6 is 0 Å². The Morgan fingerprint density at radius 2 is 0.911 bits per heavy atom. The predicted molar refractivity (Wildman–Crippen MR) is 225 cm³/mol. The molecule has 3 aromatic heterocycles. The number of hydrogen-bond acceptors (Lipinski definition) is 3. The van der Waals surface area contributed by atoms with Gasteiger partial charge in [-0.25, -0.2) is 4.85 Å². The van der Waals surface area contributed by atoms with Gasteiger partial charge in [-0.15, -0.1) is 0 Å². The third kappa shape index (κ3) is 5.12. The van der Waals surface area contributed by atoms with E-state index in [9.17, 15) is 10.5 Å². The van der Waals surface area contributed by atoms with Crippen molar-refractivity contribution in [3.05, 3.63) is 193 Å². The minimum atomic E-state index is 0.558. The third-order valence-corrected chi connectivity index (χ3v) is 10.6. The normalized spacial score (nSPS) is 11.2. The summed E-state index contributed by atoms with van der Waals surface area (Å²) in [6, 6.07) is 57.6. The van der Waals surface area contributed by atoms with E-state index in [1.54, 1.807) is 0 Å². The maximum Gasteiger partial charge on any atom is 0.187 e. The van der Waals surface area contributed by atoms with Gasteiger partial charge in [0.05, 0.1) is 75.7 Å². The van der Waals surface area contributed by atoms with E-state index in [0.717, 1.165) is 88.4 Å². The van der Waals surface area contributed by atoms with E-state index in [-0.39, 0.29) is 0 Å². The van der Waals surface area contributed by atoms with Crippen molar-refractivity contribution >= 4 is 49.3 Å². The van der Waals surface area contributed by atoms with Crippen LogP contribution < -0.4 is 0 Å². The molecule has 0 N–H and O–H groups in total. The highest BCUT2D eigenvalue weighted by molar-refractivity contribution is 6.13. The van der Waals surface area contributed by atoms with Crippen molar-refractivity contribution in [1.82, 2.24) is 14.1 Å². The Morgan fingerprint density at radius 1 is 0.446 bits per heavy atom. The Morgan fingerprint density at radius 3 is 1.46 bits per heavy atom. The van der Waals surface area contributed by atoms with E-state index >= 15 is 0 Å². The second-order valence-corrected chi connectivity index (χ2v) is 13.8. The van der Waals surface area contributed by atoms with Crippen LogP contribution in [0.2, 0.25) is 0 Å². The van der Waals surface area contributed by atoms with Gasteiger partial charge in [0.15, 0.2) is 5.69 Å². The molecule has 0 saturated carbocycles. The zero-order chi connectivity index (χ0) is 37.8. The smallest absolute Gasteiger partial charge is 0.187 e. The van der Waals surface area contributed by atoms with Crippen molar-refractivity contribution in [1.29, 1.82) is 10.5 Å². The van der Waals surface area contributed by atoms with Crippen molar-refractivity contribution in [2.45, 2.75) is 0 Å². The number of aromatic nitrogens is 3. The largest absolute Gasteiger partial charge is 0.307 e. The third-order valence-electron chi connectivity index (χ3n) is 10.6. The molecule has 3 heterocycles. The molecule has 0 aliphatic rings. The van der Waals surface area contributed by atoms with Gasteiger partial charge in [0.2, 0.25) is 0 Å². The van der Waals surface area contributed by atoms with Crippen LogP contribution in [0.15, 0.2) is 170 Å². The molecule has 258 valence electrons. The number of para-hydroxylation sites is 2. The van der Waals surface area contributed by atoms with Gasteiger partial charge in [-0.1, -0.05) is 103 Å². The Kier molecular flexibility index (Phi) is 7.53. The van der Waals surface area contributed by atoms with Gasteiger partial charge in [-0.2, -0.15) is 10.5 Å². The average molecular weight is 713 g/mol. The number of nitriles is 2. The lowest BCUT2D eigenvalue weighted by atomic mass is 10.00. The molecule has 56 heavy (non-hydrogen) atoms. The zero-order valence-electron chi connectivity index (χ0n) is 29.8.